The van der Waals surface area contributed by atoms with Gasteiger partial charge >= 0.3 is 11.9 Å². The molecule has 0 saturated carbocycles. The Morgan fingerprint density at radius 2 is 1.31 bits per heavy atom. The van der Waals surface area contributed by atoms with Crippen molar-refractivity contribution in [3.63, 3.8) is 0 Å². The maximum atomic E-state index is 10.7. The zero-order valence-corrected chi connectivity index (χ0v) is 8.27. The predicted octanol–water partition coefficient (Wildman–Crippen LogP) is 1.79. The highest BCUT2D eigenvalue weighted by Gasteiger charge is 2.08. The Hall–Kier alpha value is -1.23. The second-order valence-electron chi connectivity index (χ2n) is 2.37. The average molecular weight is 202 g/mol. The van der Waals surface area contributed by atoms with Gasteiger partial charge in [-0.25, -0.2) is 9.59 Å². The smallest absolute Gasteiger partial charge is 0.347 e. The van der Waals surface area contributed by atoms with Gasteiger partial charge in [-0.1, -0.05) is 13.2 Å². The lowest BCUT2D eigenvalue weighted by molar-refractivity contribution is -0.131. The molecule has 0 unspecified atom stereocenters. The molecule has 0 N–H and O–H groups in total. The largest absolute Gasteiger partial charge is 0.351 e. The van der Waals surface area contributed by atoms with Crippen LogP contribution in [0.2, 0.25) is 0 Å². The maximum absolute atomic E-state index is 10.7. The van der Waals surface area contributed by atoms with Crippen LogP contribution in [0.15, 0.2) is 24.3 Å². The first-order chi connectivity index (χ1) is 5.95. The van der Waals surface area contributed by atoms with Crippen LogP contribution in [0.5, 0.6) is 0 Å². The summed E-state index contributed by atoms with van der Waals surface area (Å²) < 4.78 is 8.84. The third-order valence-electron chi connectivity index (χ3n) is 0.916. The van der Waals surface area contributed by atoms with Gasteiger partial charge in [0.1, 0.15) is 0 Å². The Labute approximate surface area is 81.0 Å². The Morgan fingerprint density at radius 3 is 1.54 bits per heavy atom. The zero-order chi connectivity index (χ0) is 10.4. The van der Waals surface area contributed by atoms with Crippen LogP contribution in [0, 0.1) is 0 Å². The van der Waals surface area contributed by atoms with Gasteiger partial charge < -0.3 is 8.37 Å². The summed E-state index contributed by atoms with van der Waals surface area (Å²) in [5.41, 5.74) is 0.470. The molecule has 0 aliphatic carbocycles. The van der Waals surface area contributed by atoms with Crippen LogP contribution in [0.1, 0.15) is 13.8 Å². The van der Waals surface area contributed by atoms with E-state index in [1.807, 2.05) is 0 Å². The monoisotopic (exact) mass is 202 g/mol. The van der Waals surface area contributed by atoms with E-state index in [0.29, 0.717) is 12.3 Å². The molecule has 0 spiro atoms. The van der Waals surface area contributed by atoms with Gasteiger partial charge in [0.25, 0.3) is 12.3 Å². The highest BCUT2D eigenvalue weighted by molar-refractivity contribution is 7.90. The molecule has 0 atom stereocenters. The van der Waals surface area contributed by atoms with Crippen molar-refractivity contribution in [2.75, 3.05) is 0 Å². The minimum atomic E-state index is -0.625. The molecule has 0 bridgehead atoms. The second kappa shape index (κ2) is 5.42. The van der Waals surface area contributed by atoms with E-state index in [1.54, 1.807) is 0 Å². The van der Waals surface area contributed by atoms with Crippen molar-refractivity contribution in [2.45, 2.75) is 13.8 Å². The molecule has 0 aromatic carbocycles. The lowest BCUT2D eigenvalue weighted by atomic mass is 10.4. The third kappa shape index (κ3) is 5.08. The van der Waals surface area contributed by atoms with Crippen molar-refractivity contribution < 1.29 is 18.0 Å². The molecule has 0 rings (SSSR count). The van der Waals surface area contributed by atoms with Gasteiger partial charge in [0, 0.05) is 11.1 Å². The van der Waals surface area contributed by atoms with Crippen LogP contribution in [0.25, 0.3) is 0 Å². The van der Waals surface area contributed by atoms with E-state index in [2.05, 4.69) is 21.5 Å². The second-order valence-corrected chi connectivity index (χ2v) is 2.84. The molecule has 0 fully saturated rings. The van der Waals surface area contributed by atoms with Crippen molar-refractivity contribution in [2.24, 2.45) is 0 Å². The first-order valence-electron chi connectivity index (χ1n) is 3.36. The van der Waals surface area contributed by atoms with E-state index in [1.165, 1.54) is 13.8 Å². The molecular weight excluding hydrogens is 192 g/mol. The summed E-state index contributed by atoms with van der Waals surface area (Å²) in [5, 5.41) is 0. The lowest BCUT2D eigenvalue weighted by Gasteiger charge is -2.00. The number of hydrogen-bond donors (Lipinski definition) is 0. The first-order valence-corrected chi connectivity index (χ1v) is 4.02. The summed E-state index contributed by atoms with van der Waals surface area (Å²) in [6.07, 6.45) is 0. The molecule has 4 nitrogen and oxygen atoms in total. The molecule has 0 saturated heterocycles. The summed E-state index contributed by atoms with van der Waals surface area (Å²) in [4.78, 5) is 21.5. The summed E-state index contributed by atoms with van der Waals surface area (Å²) >= 11 is 0.305. The van der Waals surface area contributed by atoms with Gasteiger partial charge in [-0.05, 0) is 13.8 Å². The minimum Gasteiger partial charge on any atom is -0.351 e. The molecule has 0 aromatic rings. The average Bonchev–Trinajstić information content (AvgIpc) is 2.03. The number of carbonyl (C=O) groups excluding carboxylic acids is 2. The van der Waals surface area contributed by atoms with Crippen LogP contribution >= 0.6 is 12.3 Å². The van der Waals surface area contributed by atoms with Gasteiger partial charge in [-0.3, -0.25) is 0 Å². The fourth-order valence-electron chi connectivity index (χ4n) is 0.221. The van der Waals surface area contributed by atoms with Crippen molar-refractivity contribution in [3.8, 4) is 0 Å². The van der Waals surface area contributed by atoms with Gasteiger partial charge in [-0.2, -0.15) is 0 Å². The highest BCUT2D eigenvalue weighted by atomic mass is 32.2. The van der Waals surface area contributed by atoms with E-state index in [-0.39, 0.29) is 11.1 Å². The van der Waals surface area contributed by atoms with E-state index < -0.39 is 11.9 Å². The Kier molecular flexibility index (Phi) is 4.91. The van der Waals surface area contributed by atoms with Crippen LogP contribution in [0.4, 0.5) is 0 Å². The molecule has 0 aliphatic heterocycles. The topological polar surface area (TPSA) is 52.6 Å². The molecule has 0 aliphatic rings. The van der Waals surface area contributed by atoms with Crippen LogP contribution in [0.3, 0.4) is 0 Å². The van der Waals surface area contributed by atoms with Crippen molar-refractivity contribution >= 4 is 24.3 Å². The summed E-state index contributed by atoms with van der Waals surface area (Å²) in [6.45, 7) is 9.66. The summed E-state index contributed by atoms with van der Waals surface area (Å²) in [7, 11) is 0. The van der Waals surface area contributed by atoms with Crippen molar-refractivity contribution in [1.82, 2.24) is 0 Å². The van der Waals surface area contributed by atoms with Crippen molar-refractivity contribution in [3.05, 3.63) is 24.3 Å². The molecule has 0 aromatic heterocycles. The van der Waals surface area contributed by atoms with E-state index in [9.17, 15) is 9.59 Å². The van der Waals surface area contributed by atoms with Gasteiger partial charge in [-0.15, -0.1) is 0 Å². The van der Waals surface area contributed by atoms with E-state index in [4.69, 9.17) is 0 Å². The standard InChI is InChI=1S/C8H10O4S/c1-5(2)7(9)11-13-12-8(10)6(3)4/h1,3H2,2,4H3. The predicted molar refractivity (Wildman–Crippen MR) is 49.4 cm³/mol. The maximum Gasteiger partial charge on any atom is 0.347 e. The summed E-state index contributed by atoms with van der Waals surface area (Å²) in [5.74, 6) is -1.25. The molecule has 0 heterocycles. The quantitative estimate of drug-likeness (QED) is 0.514. The fourth-order valence-corrected chi connectivity index (χ4v) is 0.663. The van der Waals surface area contributed by atoms with E-state index in [0.717, 1.165) is 0 Å². The summed E-state index contributed by atoms with van der Waals surface area (Å²) in [6, 6.07) is 0. The highest BCUT2D eigenvalue weighted by Crippen LogP contribution is 2.10. The lowest BCUT2D eigenvalue weighted by Crippen LogP contribution is -2.03. The number of rotatable bonds is 4. The van der Waals surface area contributed by atoms with Gasteiger partial charge in [0.2, 0.25) is 0 Å². The Morgan fingerprint density at radius 1 is 1.00 bits per heavy atom. The molecular formula is C8H10O4S. The number of carbonyl (C=O) groups is 2. The third-order valence-corrected chi connectivity index (χ3v) is 1.36. The first kappa shape index (κ1) is 11.8. The van der Waals surface area contributed by atoms with Crippen LogP contribution in [-0.4, -0.2) is 11.9 Å². The van der Waals surface area contributed by atoms with Gasteiger partial charge in [0.05, 0.1) is 0 Å². The van der Waals surface area contributed by atoms with Crippen LogP contribution in [-0.2, 0) is 18.0 Å². The molecule has 0 radical (unpaired) electrons. The Bertz CT molecular complexity index is 231. The Balaban J connectivity index is 3.69. The normalized spacial score (nSPS) is 8.77. The fraction of sp³-hybridized carbons (Fsp3) is 0.250. The SMILES string of the molecule is C=C(C)C(=O)OSOC(=O)C(=C)C. The molecule has 5 heteroatoms. The van der Waals surface area contributed by atoms with Crippen molar-refractivity contribution in [1.29, 1.82) is 0 Å². The molecule has 0 amide bonds. The van der Waals surface area contributed by atoms with Gasteiger partial charge in [0.15, 0.2) is 0 Å². The van der Waals surface area contributed by atoms with Crippen LogP contribution < -0.4 is 0 Å². The number of hydrogen-bond acceptors (Lipinski definition) is 5. The van der Waals surface area contributed by atoms with E-state index >= 15 is 0 Å². The molecule has 72 valence electrons. The zero-order valence-electron chi connectivity index (χ0n) is 7.46. The molecule has 13 heavy (non-hydrogen) atoms. The minimum absolute atomic E-state index is 0.235.